The van der Waals surface area contributed by atoms with E-state index in [1.807, 2.05) is 43.3 Å². The molecule has 0 saturated carbocycles. The fraction of sp³-hybridized carbons (Fsp3) is 0.250. The molecule has 2 aromatic rings. The summed E-state index contributed by atoms with van der Waals surface area (Å²) >= 11 is 6.24. The van der Waals surface area contributed by atoms with E-state index in [0.717, 1.165) is 23.3 Å². The maximum absolute atomic E-state index is 6.24. The highest BCUT2D eigenvalue weighted by atomic mass is 35.5. The molecule has 0 heterocycles. The van der Waals surface area contributed by atoms with Crippen molar-refractivity contribution in [2.24, 2.45) is 5.73 Å². The fourth-order valence-electron chi connectivity index (χ4n) is 1.90. The number of halogens is 1. The van der Waals surface area contributed by atoms with Gasteiger partial charge in [-0.15, -0.1) is 0 Å². The first kappa shape index (κ1) is 13.9. The highest BCUT2D eigenvalue weighted by molar-refractivity contribution is 6.32. The van der Waals surface area contributed by atoms with Gasteiger partial charge in [0, 0.05) is 6.04 Å². The smallest absolute Gasteiger partial charge is 0.146 e. The second-order valence-electron chi connectivity index (χ2n) is 4.54. The standard InChI is InChI=1S/C16H18ClNO/c1-3-12-6-4-5-7-15(12)19-16-9-8-13(11(2)18)10-14(16)17/h4-11H,3,18H2,1-2H3/t11-/m0/s1. The SMILES string of the molecule is CCc1ccccc1Oc1ccc([C@H](C)N)cc1Cl. The number of hydrogen-bond acceptors (Lipinski definition) is 2. The summed E-state index contributed by atoms with van der Waals surface area (Å²) in [5.41, 5.74) is 7.99. The van der Waals surface area contributed by atoms with Crippen LogP contribution in [-0.2, 0) is 6.42 Å². The molecule has 0 aromatic heterocycles. The summed E-state index contributed by atoms with van der Waals surface area (Å²) < 4.78 is 5.89. The third kappa shape index (κ3) is 3.28. The topological polar surface area (TPSA) is 35.2 Å². The molecule has 2 rings (SSSR count). The Morgan fingerprint density at radius 1 is 1.16 bits per heavy atom. The predicted octanol–water partition coefficient (Wildman–Crippen LogP) is 4.71. The summed E-state index contributed by atoms with van der Waals surface area (Å²) in [5.74, 6) is 1.51. The number of para-hydroxylation sites is 1. The Morgan fingerprint density at radius 3 is 2.53 bits per heavy atom. The minimum Gasteiger partial charge on any atom is -0.456 e. The van der Waals surface area contributed by atoms with Crippen LogP contribution in [-0.4, -0.2) is 0 Å². The molecule has 0 spiro atoms. The molecule has 0 aliphatic rings. The summed E-state index contributed by atoms with van der Waals surface area (Å²) in [6.07, 6.45) is 0.922. The quantitative estimate of drug-likeness (QED) is 0.877. The van der Waals surface area contributed by atoms with Gasteiger partial charge in [0.1, 0.15) is 11.5 Å². The van der Waals surface area contributed by atoms with Crippen LogP contribution >= 0.6 is 11.6 Å². The summed E-state index contributed by atoms with van der Waals surface area (Å²) in [7, 11) is 0. The van der Waals surface area contributed by atoms with Crippen molar-refractivity contribution >= 4 is 11.6 Å². The van der Waals surface area contributed by atoms with Crippen molar-refractivity contribution in [3.63, 3.8) is 0 Å². The zero-order valence-corrected chi connectivity index (χ0v) is 11.9. The lowest BCUT2D eigenvalue weighted by molar-refractivity contribution is 0.476. The van der Waals surface area contributed by atoms with Gasteiger partial charge in [0.15, 0.2) is 0 Å². The van der Waals surface area contributed by atoms with Gasteiger partial charge >= 0.3 is 0 Å². The molecule has 0 unspecified atom stereocenters. The van der Waals surface area contributed by atoms with E-state index in [0.29, 0.717) is 10.8 Å². The molecule has 1 atom stereocenters. The summed E-state index contributed by atoms with van der Waals surface area (Å²) in [6.45, 7) is 4.03. The van der Waals surface area contributed by atoms with Crippen LogP contribution in [0.25, 0.3) is 0 Å². The average molecular weight is 276 g/mol. The molecule has 2 nitrogen and oxygen atoms in total. The minimum absolute atomic E-state index is 0.0329. The van der Waals surface area contributed by atoms with Gasteiger partial charge < -0.3 is 10.5 Å². The van der Waals surface area contributed by atoms with E-state index in [-0.39, 0.29) is 6.04 Å². The van der Waals surface area contributed by atoms with Gasteiger partial charge in [0.2, 0.25) is 0 Å². The van der Waals surface area contributed by atoms with Crippen molar-refractivity contribution < 1.29 is 4.74 Å². The molecule has 0 fully saturated rings. The lowest BCUT2D eigenvalue weighted by atomic mass is 10.1. The lowest BCUT2D eigenvalue weighted by Gasteiger charge is -2.13. The number of rotatable bonds is 4. The number of nitrogens with two attached hydrogens (primary N) is 1. The Hall–Kier alpha value is -1.51. The van der Waals surface area contributed by atoms with E-state index < -0.39 is 0 Å². The van der Waals surface area contributed by atoms with Crippen molar-refractivity contribution in [1.29, 1.82) is 0 Å². The molecule has 0 radical (unpaired) electrons. The maximum atomic E-state index is 6.24. The Kier molecular flexibility index (Phi) is 4.46. The summed E-state index contributed by atoms with van der Waals surface area (Å²) in [4.78, 5) is 0. The number of ether oxygens (including phenoxy) is 1. The van der Waals surface area contributed by atoms with E-state index in [1.54, 1.807) is 0 Å². The molecule has 0 aliphatic heterocycles. The third-order valence-electron chi connectivity index (χ3n) is 3.06. The molecule has 19 heavy (non-hydrogen) atoms. The van der Waals surface area contributed by atoms with Gasteiger partial charge in [-0.1, -0.05) is 42.8 Å². The van der Waals surface area contributed by atoms with Crippen LogP contribution in [0.4, 0.5) is 0 Å². The Balaban J connectivity index is 2.28. The number of benzene rings is 2. The first-order valence-corrected chi connectivity index (χ1v) is 6.80. The second kappa shape index (κ2) is 6.09. The Bertz CT molecular complexity index is 566. The normalized spacial score (nSPS) is 12.2. The number of hydrogen-bond donors (Lipinski definition) is 1. The molecule has 0 amide bonds. The Labute approximate surface area is 119 Å². The van der Waals surface area contributed by atoms with Gasteiger partial charge in [-0.2, -0.15) is 0 Å². The van der Waals surface area contributed by atoms with Gasteiger partial charge in [0.25, 0.3) is 0 Å². The van der Waals surface area contributed by atoms with Crippen LogP contribution < -0.4 is 10.5 Å². The first-order valence-electron chi connectivity index (χ1n) is 6.42. The largest absolute Gasteiger partial charge is 0.456 e. The molecule has 3 heteroatoms. The van der Waals surface area contributed by atoms with E-state index in [2.05, 4.69) is 13.0 Å². The van der Waals surface area contributed by atoms with E-state index in [1.165, 1.54) is 0 Å². The molecular formula is C16H18ClNO. The monoisotopic (exact) mass is 275 g/mol. The molecule has 0 saturated heterocycles. The number of aryl methyl sites for hydroxylation is 1. The van der Waals surface area contributed by atoms with Crippen LogP contribution in [0.2, 0.25) is 5.02 Å². The summed E-state index contributed by atoms with van der Waals surface area (Å²) in [5, 5.41) is 0.584. The average Bonchev–Trinajstić information content (AvgIpc) is 2.41. The third-order valence-corrected chi connectivity index (χ3v) is 3.35. The maximum Gasteiger partial charge on any atom is 0.146 e. The van der Waals surface area contributed by atoms with E-state index >= 15 is 0 Å². The molecule has 100 valence electrons. The van der Waals surface area contributed by atoms with Crippen LogP contribution in [0.3, 0.4) is 0 Å². The second-order valence-corrected chi connectivity index (χ2v) is 4.95. The zero-order chi connectivity index (χ0) is 13.8. The lowest BCUT2D eigenvalue weighted by Crippen LogP contribution is -2.04. The molecule has 2 N–H and O–H groups in total. The molecule has 2 aromatic carbocycles. The van der Waals surface area contributed by atoms with Gasteiger partial charge in [-0.25, -0.2) is 0 Å². The highest BCUT2D eigenvalue weighted by Crippen LogP contribution is 2.32. The van der Waals surface area contributed by atoms with Crippen molar-refractivity contribution in [3.8, 4) is 11.5 Å². The van der Waals surface area contributed by atoms with Gasteiger partial charge in [0.05, 0.1) is 5.02 Å². The van der Waals surface area contributed by atoms with Crippen molar-refractivity contribution in [3.05, 3.63) is 58.6 Å². The fourth-order valence-corrected chi connectivity index (χ4v) is 2.12. The van der Waals surface area contributed by atoms with E-state index in [9.17, 15) is 0 Å². The molecule has 0 aliphatic carbocycles. The van der Waals surface area contributed by atoms with Gasteiger partial charge in [-0.3, -0.25) is 0 Å². The van der Waals surface area contributed by atoms with Crippen LogP contribution in [0, 0.1) is 0 Å². The van der Waals surface area contributed by atoms with Crippen LogP contribution in [0.15, 0.2) is 42.5 Å². The first-order chi connectivity index (χ1) is 9.11. The Morgan fingerprint density at radius 2 is 1.89 bits per heavy atom. The molecular weight excluding hydrogens is 258 g/mol. The highest BCUT2D eigenvalue weighted by Gasteiger charge is 2.08. The van der Waals surface area contributed by atoms with Crippen molar-refractivity contribution in [2.75, 3.05) is 0 Å². The van der Waals surface area contributed by atoms with Crippen LogP contribution in [0.5, 0.6) is 11.5 Å². The predicted molar refractivity (Wildman–Crippen MR) is 79.9 cm³/mol. The van der Waals surface area contributed by atoms with Crippen molar-refractivity contribution in [1.82, 2.24) is 0 Å². The zero-order valence-electron chi connectivity index (χ0n) is 11.2. The van der Waals surface area contributed by atoms with Gasteiger partial charge in [-0.05, 0) is 42.7 Å². The van der Waals surface area contributed by atoms with E-state index in [4.69, 9.17) is 22.1 Å². The van der Waals surface area contributed by atoms with Crippen molar-refractivity contribution in [2.45, 2.75) is 26.3 Å². The minimum atomic E-state index is -0.0329. The van der Waals surface area contributed by atoms with Crippen LogP contribution in [0.1, 0.15) is 31.0 Å². The molecule has 0 bridgehead atoms. The summed E-state index contributed by atoms with van der Waals surface area (Å²) in [6, 6.07) is 13.6.